The van der Waals surface area contributed by atoms with Crippen LogP contribution in [0.25, 0.3) is 10.8 Å². The minimum atomic E-state index is -0.431. The van der Waals surface area contributed by atoms with E-state index in [9.17, 15) is 14.4 Å². The summed E-state index contributed by atoms with van der Waals surface area (Å²) in [5.74, 6) is -0.165. The molecule has 7 heteroatoms. The Morgan fingerprint density at radius 1 is 1.24 bits per heavy atom. The van der Waals surface area contributed by atoms with Gasteiger partial charge >= 0.3 is 0 Å². The van der Waals surface area contributed by atoms with Crippen LogP contribution in [0.15, 0.2) is 27.8 Å². The highest BCUT2D eigenvalue weighted by atomic mass is 16.2. The van der Waals surface area contributed by atoms with Crippen molar-refractivity contribution in [2.45, 2.75) is 25.3 Å². The van der Waals surface area contributed by atoms with Crippen LogP contribution in [0.3, 0.4) is 0 Å². The van der Waals surface area contributed by atoms with E-state index in [0.29, 0.717) is 12.1 Å². The van der Waals surface area contributed by atoms with Crippen molar-refractivity contribution < 1.29 is 4.79 Å². The van der Waals surface area contributed by atoms with Crippen LogP contribution < -0.4 is 21.8 Å². The van der Waals surface area contributed by atoms with Crippen LogP contribution in [0.4, 0.5) is 5.69 Å². The number of aromatic nitrogens is 2. The van der Waals surface area contributed by atoms with Gasteiger partial charge in [0, 0.05) is 12.5 Å². The van der Waals surface area contributed by atoms with Gasteiger partial charge in [-0.25, -0.2) is 0 Å². The van der Waals surface area contributed by atoms with Crippen molar-refractivity contribution in [1.29, 1.82) is 0 Å². The number of rotatable bonds is 3. The van der Waals surface area contributed by atoms with Gasteiger partial charge in [-0.15, -0.1) is 0 Å². The molecule has 1 amide bonds. The summed E-state index contributed by atoms with van der Waals surface area (Å²) in [5, 5.41) is 11.0. The monoisotopic (exact) mass is 288 g/mol. The second-order valence-corrected chi connectivity index (χ2v) is 5.18. The van der Waals surface area contributed by atoms with Gasteiger partial charge in [0.05, 0.1) is 16.5 Å². The lowest BCUT2D eigenvalue weighted by molar-refractivity contribution is -0.116. The third kappa shape index (κ3) is 2.73. The molecule has 1 aliphatic heterocycles. The van der Waals surface area contributed by atoms with Crippen LogP contribution in [0.1, 0.15) is 19.3 Å². The molecule has 0 aliphatic carbocycles. The Balaban J connectivity index is 1.90. The van der Waals surface area contributed by atoms with E-state index in [1.54, 1.807) is 18.2 Å². The average Bonchev–Trinajstić information content (AvgIpc) is 2.96. The number of H-pyrrole nitrogens is 2. The lowest BCUT2D eigenvalue weighted by Gasteiger charge is -2.11. The minimum absolute atomic E-state index is 0.165. The van der Waals surface area contributed by atoms with Gasteiger partial charge in [0.2, 0.25) is 5.91 Å². The van der Waals surface area contributed by atoms with E-state index in [-0.39, 0.29) is 22.7 Å². The largest absolute Gasteiger partial charge is 0.325 e. The number of amides is 1. The van der Waals surface area contributed by atoms with Gasteiger partial charge in [0.25, 0.3) is 11.1 Å². The molecule has 1 saturated heterocycles. The maximum Gasteiger partial charge on any atom is 0.272 e. The molecule has 1 aromatic carbocycles. The highest BCUT2D eigenvalue weighted by Gasteiger charge is 2.18. The number of hydrogen-bond acceptors (Lipinski definition) is 4. The summed E-state index contributed by atoms with van der Waals surface area (Å²) in [5.41, 5.74) is -0.458. The smallest absolute Gasteiger partial charge is 0.272 e. The second kappa shape index (κ2) is 5.53. The fourth-order valence-corrected chi connectivity index (χ4v) is 2.69. The number of carbonyl (C=O) groups is 1. The molecule has 21 heavy (non-hydrogen) atoms. The van der Waals surface area contributed by atoms with Crippen LogP contribution in [-0.2, 0) is 4.79 Å². The van der Waals surface area contributed by atoms with E-state index < -0.39 is 11.1 Å². The summed E-state index contributed by atoms with van der Waals surface area (Å²) in [6, 6.07) is 5.00. The summed E-state index contributed by atoms with van der Waals surface area (Å²) in [6.07, 6.45) is 2.40. The Labute approximate surface area is 119 Å². The number of aromatic amines is 2. The molecule has 0 radical (unpaired) electrons. The first kappa shape index (κ1) is 13.6. The number of hydrogen-bond donors (Lipinski definition) is 4. The predicted molar refractivity (Wildman–Crippen MR) is 79.5 cm³/mol. The van der Waals surface area contributed by atoms with Crippen LogP contribution in [0.2, 0.25) is 0 Å². The third-order valence-corrected chi connectivity index (χ3v) is 3.69. The fourth-order valence-electron chi connectivity index (χ4n) is 2.69. The first-order valence-corrected chi connectivity index (χ1v) is 6.92. The van der Waals surface area contributed by atoms with Crippen LogP contribution >= 0.6 is 0 Å². The quantitative estimate of drug-likeness (QED) is 0.651. The summed E-state index contributed by atoms with van der Waals surface area (Å²) in [4.78, 5) is 35.6. The van der Waals surface area contributed by atoms with Crippen LogP contribution in [0.5, 0.6) is 0 Å². The first-order chi connectivity index (χ1) is 10.1. The van der Waals surface area contributed by atoms with E-state index in [1.807, 2.05) is 0 Å². The molecule has 2 aromatic rings. The lowest BCUT2D eigenvalue weighted by Crippen LogP contribution is -2.28. The van der Waals surface area contributed by atoms with Crippen molar-refractivity contribution in [3.8, 4) is 0 Å². The molecular formula is C14H16N4O3. The summed E-state index contributed by atoms with van der Waals surface area (Å²) >= 11 is 0. The van der Waals surface area contributed by atoms with Gasteiger partial charge in [0.15, 0.2) is 0 Å². The molecular weight excluding hydrogens is 272 g/mol. The Morgan fingerprint density at radius 3 is 2.81 bits per heavy atom. The van der Waals surface area contributed by atoms with Gasteiger partial charge in [-0.1, -0.05) is 6.07 Å². The van der Waals surface area contributed by atoms with E-state index >= 15 is 0 Å². The minimum Gasteiger partial charge on any atom is -0.325 e. The third-order valence-electron chi connectivity index (χ3n) is 3.69. The van der Waals surface area contributed by atoms with Gasteiger partial charge in [-0.2, -0.15) is 0 Å². The molecule has 7 nitrogen and oxygen atoms in total. The van der Waals surface area contributed by atoms with Crippen molar-refractivity contribution in [2.75, 3.05) is 11.9 Å². The molecule has 4 N–H and O–H groups in total. The number of anilines is 1. The van der Waals surface area contributed by atoms with Gasteiger partial charge in [-0.3, -0.25) is 24.6 Å². The molecule has 2 heterocycles. The maximum absolute atomic E-state index is 12.1. The molecule has 1 aliphatic rings. The van der Waals surface area contributed by atoms with Crippen molar-refractivity contribution in [3.63, 3.8) is 0 Å². The van der Waals surface area contributed by atoms with E-state index in [1.165, 1.54) is 0 Å². The van der Waals surface area contributed by atoms with Crippen molar-refractivity contribution in [1.82, 2.24) is 15.5 Å². The Kier molecular flexibility index (Phi) is 3.57. The van der Waals surface area contributed by atoms with Crippen molar-refractivity contribution >= 4 is 22.4 Å². The molecule has 110 valence electrons. The van der Waals surface area contributed by atoms with Crippen LogP contribution in [0, 0.1) is 0 Å². The van der Waals surface area contributed by atoms with Crippen molar-refractivity contribution in [3.05, 3.63) is 38.9 Å². The Hall–Kier alpha value is -2.41. The summed E-state index contributed by atoms with van der Waals surface area (Å²) in [7, 11) is 0. The normalized spacial score (nSPS) is 18.0. The van der Waals surface area contributed by atoms with Gasteiger partial charge in [0.1, 0.15) is 0 Å². The molecule has 1 unspecified atom stereocenters. The first-order valence-electron chi connectivity index (χ1n) is 6.92. The molecule has 3 rings (SSSR count). The SMILES string of the molecule is O=C(CC1CCCN1)Nc1cccc2c(=O)[nH][nH]c(=O)c12. The highest BCUT2D eigenvalue weighted by molar-refractivity contribution is 6.01. The zero-order valence-corrected chi connectivity index (χ0v) is 11.4. The highest BCUT2D eigenvalue weighted by Crippen LogP contribution is 2.18. The van der Waals surface area contributed by atoms with Crippen molar-refractivity contribution in [2.24, 2.45) is 0 Å². The van der Waals surface area contributed by atoms with Crippen LogP contribution in [-0.4, -0.2) is 28.7 Å². The summed E-state index contributed by atoms with van der Waals surface area (Å²) < 4.78 is 0. The van der Waals surface area contributed by atoms with E-state index in [0.717, 1.165) is 19.4 Å². The second-order valence-electron chi connectivity index (χ2n) is 5.18. The fraction of sp³-hybridized carbons (Fsp3) is 0.357. The molecule has 1 atom stereocenters. The standard InChI is InChI=1S/C14H16N4O3/c19-11(7-8-3-2-6-15-8)16-10-5-1-4-9-12(10)14(21)18-17-13(9)20/h1,4-5,8,15H,2-3,6-7H2,(H,16,19)(H,17,20)(H,18,21). The van der Waals surface area contributed by atoms with E-state index in [2.05, 4.69) is 20.8 Å². The zero-order valence-electron chi connectivity index (χ0n) is 11.4. The molecule has 1 fully saturated rings. The number of benzene rings is 1. The maximum atomic E-state index is 12.1. The summed E-state index contributed by atoms with van der Waals surface area (Å²) in [6.45, 7) is 0.932. The topological polar surface area (TPSA) is 107 Å². The zero-order chi connectivity index (χ0) is 14.8. The van der Waals surface area contributed by atoms with E-state index in [4.69, 9.17) is 0 Å². The van der Waals surface area contributed by atoms with Gasteiger partial charge < -0.3 is 10.6 Å². The lowest BCUT2D eigenvalue weighted by atomic mass is 10.1. The Morgan fingerprint density at radius 2 is 2.05 bits per heavy atom. The molecule has 1 aromatic heterocycles. The average molecular weight is 288 g/mol. The molecule has 0 saturated carbocycles. The Bertz CT molecular complexity index is 787. The number of fused-ring (bicyclic) bond motifs is 1. The number of nitrogens with one attached hydrogen (secondary N) is 4. The molecule has 0 spiro atoms. The molecule has 0 bridgehead atoms. The number of carbonyl (C=O) groups excluding carboxylic acids is 1. The van der Waals surface area contributed by atoms with Gasteiger partial charge in [-0.05, 0) is 31.5 Å². The predicted octanol–water partition coefficient (Wildman–Crippen LogP) is 0.297.